The SMILES string of the molecule is Cc1cc2c(c(C(=O)c3ccc(O)cc3)c1)OCCCC2. The summed E-state index contributed by atoms with van der Waals surface area (Å²) in [5.41, 5.74) is 3.38. The van der Waals surface area contributed by atoms with E-state index in [1.807, 2.05) is 13.0 Å². The Morgan fingerprint density at radius 2 is 1.90 bits per heavy atom. The molecule has 3 heteroatoms. The summed E-state index contributed by atoms with van der Waals surface area (Å²) in [6, 6.07) is 10.3. The van der Waals surface area contributed by atoms with Crippen molar-refractivity contribution in [1.29, 1.82) is 0 Å². The maximum absolute atomic E-state index is 12.7. The van der Waals surface area contributed by atoms with Crippen LogP contribution in [-0.2, 0) is 6.42 Å². The molecule has 2 aromatic rings. The van der Waals surface area contributed by atoms with E-state index >= 15 is 0 Å². The van der Waals surface area contributed by atoms with Gasteiger partial charge in [-0.25, -0.2) is 0 Å². The molecule has 1 aliphatic rings. The van der Waals surface area contributed by atoms with Gasteiger partial charge in [-0.1, -0.05) is 6.07 Å². The van der Waals surface area contributed by atoms with Crippen molar-refractivity contribution in [1.82, 2.24) is 0 Å². The molecule has 0 aliphatic carbocycles. The first-order chi connectivity index (χ1) is 10.1. The molecule has 1 aliphatic heterocycles. The molecule has 0 fully saturated rings. The predicted molar refractivity (Wildman–Crippen MR) is 81.2 cm³/mol. The van der Waals surface area contributed by atoms with Crippen LogP contribution in [0.1, 0.15) is 39.9 Å². The van der Waals surface area contributed by atoms with Gasteiger partial charge < -0.3 is 9.84 Å². The van der Waals surface area contributed by atoms with Crippen molar-refractivity contribution >= 4 is 5.78 Å². The molecule has 1 heterocycles. The number of aromatic hydroxyl groups is 1. The zero-order valence-corrected chi connectivity index (χ0v) is 12.1. The fourth-order valence-corrected chi connectivity index (χ4v) is 2.73. The van der Waals surface area contributed by atoms with E-state index in [1.54, 1.807) is 12.1 Å². The highest BCUT2D eigenvalue weighted by Crippen LogP contribution is 2.31. The van der Waals surface area contributed by atoms with E-state index in [1.165, 1.54) is 12.1 Å². The van der Waals surface area contributed by atoms with Crippen LogP contribution in [0.3, 0.4) is 0 Å². The highest BCUT2D eigenvalue weighted by Gasteiger charge is 2.20. The van der Waals surface area contributed by atoms with Crippen LogP contribution >= 0.6 is 0 Å². The van der Waals surface area contributed by atoms with Crippen LogP contribution in [0.15, 0.2) is 36.4 Å². The van der Waals surface area contributed by atoms with Crippen molar-refractivity contribution in [3.8, 4) is 11.5 Å². The van der Waals surface area contributed by atoms with Gasteiger partial charge in [0.05, 0.1) is 12.2 Å². The number of phenolic OH excluding ortho intramolecular Hbond substituents is 1. The minimum Gasteiger partial charge on any atom is -0.508 e. The highest BCUT2D eigenvalue weighted by molar-refractivity contribution is 6.11. The molecule has 0 bridgehead atoms. The van der Waals surface area contributed by atoms with Gasteiger partial charge in [0.25, 0.3) is 0 Å². The van der Waals surface area contributed by atoms with Crippen LogP contribution in [0.4, 0.5) is 0 Å². The minimum atomic E-state index is -0.0585. The molecule has 0 spiro atoms. The Bertz CT molecular complexity index is 672. The van der Waals surface area contributed by atoms with Gasteiger partial charge in [-0.3, -0.25) is 4.79 Å². The van der Waals surface area contributed by atoms with Crippen LogP contribution in [-0.4, -0.2) is 17.5 Å². The largest absolute Gasteiger partial charge is 0.508 e. The maximum Gasteiger partial charge on any atom is 0.196 e. The smallest absolute Gasteiger partial charge is 0.196 e. The summed E-state index contributed by atoms with van der Waals surface area (Å²) < 4.78 is 5.83. The lowest BCUT2D eigenvalue weighted by atomic mass is 9.96. The molecule has 0 aromatic heterocycles. The first-order valence-electron chi connectivity index (χ1n) is 7.25. The first-order valence-corrected chi connectivity index (χ1v) is 7.25. The maximum atomic E-state index is 12.7. The molecule has 0 amide bonds. The Morgan fingerprint density at radius 1 is 1.14 bits per heavy atom. The van der Waals surface area contributed by atoms with Gasteiger partial charge in [0.1, 0.15) is 11.5 Å². The number of aryl methyl sites for hydroxylation is 2. The number of benzene rings is 2. The lowest BCUT2D eigenvalue weighted by Gasteiger charge is -2.14. The predicted octanol–water partition coefficient (Wildman–Crippen LogP) is 3.65. The second-order valence-corrected chi connectivity index (χ2v) is 5.48. The van der Waals surface area contributed by atoms with E-state index < -0.39 is 0 Å². The van der Waals surface area contributed by atoms with E-state index in [2.05, 4.69) is 6.07 Å². The van der Waals surface area contributed by atoms with E-state index in [-0.39, 0.29) is 11.5 Å². The molecule has 3 rings (SSSR count). The van der Waals surface area contributed by atoms with Crippen molar-refractivity contribution in [2.24, 2.45) is 0 Å². The van der Waals surface area contributed by atoms with Gasteiger partial charge in [0.2, 0.25) is 0 Å². The van der Waals surface area contributed by atoms with Crippen molar-refractivity contribution < 1.29 is 14.6 Å². The number of hydrogen-bond donors (Lipinski definition) is 1. The second kappa shape index (κ2) is 5.60. The Balaban J connectivity index is 2.07. The van der Waals surface area contributed by atoms with Gasteiger partial charge in [-0.15, -0.1) is 0 Å². The molecule has 1 N–H and O–H groups in total. The number of ketones is 1. The molecular weight excluding hydrogens is 264 g/mol. The second-order valence-electron chi connectivity index (χ2n) is 5.48. The normalized spacial score (nSPS) is 14.0. The van der Waals surface area contributed by atoms with Gasteiger partial charge in [0.15, 0.2) is 5.78 Å². The fourth-order valence-electron chi connectivity index (χ4n) is 2.73. The molecule has 0 saturated carbocycles. The summed E-state index contributed by atoms with van der Waals surface area (Å²) in [6.07, 6.45) is 3.05. The summed E-state index contributed by atoms with van der Waals surface area (Å²) in [7, 11) is 0. The number of ether oxygens (including phenoxy) is 1. The molecule has 0 saturated heterocycles. The summed E-state index contributed by atoms with van der Waals surface area (Å²) in [5, 5.41) is 9.35. The molecule has 108 valence electrons. The van der Waals surface area contributed by atoms with Crippen molar-refractivity contribution in [2.75, 3.05) is 6.61 Å². The summed E-state index contributed by atoms with van der Waals surface area (Å²) in [6.45, 7) is 2.66. The standard InChI is InChI=1S/C18H18O3/c1-12-10-14-4-2-3-9-21-18(14)16(11-12)17(20)13-5-7-15(19)8-6-13/h5-8,10-11,19H,2-4,9H2,1H3. The Hall–Kier alpha value is -2.29. The van der Waals surface area contributed by atoms with Gasteiger partial charge in [-0.2, -0.15) is 0 Å². The van der Waals surface area contributed by atoms with Crippen LogP contribution < -0.4 is 4.74 Å². The van der Waals surface area contributed by atoms with E-state index in [0.717, 1.165) is 36.1 Å². The van der Waals surface area contributed by atoms with Crippen molar-refractivity contribution in [3.05, 3.63) is 58.7 Å². The number of phenols is 1. The topological polar surface area (TPSA) is 46.5 Å². The summed E-state index contributed by atoms with van der Waals surface area (Å²) in [5.74, 6) is 0.832. The Labute approximate surface area is 124 Å². The molecule has 3 nitrogen and oxygen atoms in total. The van der Waals surface area contributed by atoms with E-state index in [0.29, 0.717) is 17.7 Å². The average Bonchev–Trinajstić information content (AvgIpc) is 2.71. The zero-order chi connectivity index (χ0) is 14.8. The molecule has 0 radical (unpaired) electrons. The van der Waals surface area contributed by atoms with Crippen molar-refractivity contribution in [3.63, 3.8) is 0 Å². The van der Waals surface area contributed by atoms with Crippen molar-refractivity contribution in [2.45, 2.75) is 26.2 Å². The summed E-state index contributed by atoms with van der Waals surface area (Å²) >= 11 is 0. The number of carbonyl (C=O) groups excluding carboxylic acids is 1. The highest BCUT2D eigenvalue weighted by atomic mass is 16.5. The van der Waals surface area contributed by atoms with Crippen LogP contribution in [0.2, 0.25) is 0 Å². The minimum absolute atomic E-state index is 0.0585. The van der Waals surface area contributed by atoms with Gasteiger partial charge in [-0.05, 0) is 67.6 Å². The number of hydrogen-bond acceptors (Lipinski definition) is 3. The van der Waals surface area contributed by atoms with E-state index in [9.17, 15) is 9.90 Å². The lowest BCUT2D eigenvalue weighted by molar-refractivity contribution is 0.103. The molecule has 0 atom stereocenters. The molecule has 2 aromatic carbocycles. The molecule has 21 heavy (non-hydrogen) atoms. The lowest BCUT2D eigenvalue weighted by Crippen LogP contribution is -2.07. The van der Waals surface area contributed by atoms with Gasteiger partial charge >= 0.3 is 0 Å². The number of rotatable bonds is 2. The monoisotopic (exact) mass is 282 g/mol. The first kappa shape index (κ1) is 13.7. The van der Waals surface area contributed by atoms with Crippen LogP contribution in [0, 0.1) is 6.92 Å². The number of carbonyl (C=O) groups is 1. The average molecular weight is 282 g/mol. The summed E-state index contributed by atoms with van der Waals surface area (Å²) in [4.78, 5) is 12.7. The number of fused-ring (bicyclic) bond motifs is 1. The Morgan fingerprint density at radius 3 is 2.67 bits per heavy atom. The van der Waals surface area contributed by atoms with E-state index in [4.69, 9.17) is 4.74 Å². The Kier molecular flexibility index (Phi) is 3.65. The fraction of sp³-hybridized carbons (Fsp3) is 0.278. The molecule has 0 unspecified atom stereocenters. The van der Waals surface area contributed by atoms with Gasteiger partial charge in [0, 0.05) is 5.56 Å². The van der Waals surface area contributed by atoms with Crippen LogP contribution in [0.5, 0.6) is 11.5 Å². The molecular formula is C18H18O3. The third-order valence-corrected chi connectivity index (χ3v) is 3.77. The third kappa shape index (κ3) is 2.77. The van der Waals surface area contributed by atoms with Crippen LogP contribution in [0.25, 0.3) is 0 Å². The zero-order valence-electron chi connectivity index (χ0n) is 12.1. The third-order valence-electron chi connectivity index (χ3n) is 3.77. The quantitative estimate of drug-likeness (QED) is 0.855.